The molecule has 15 heavy (non-hydrogen) atoms. The van der Waals surface area contributed by atoms with Gasteiger partial charge in [-0.25, -0.2) is 0 Å². The second-order valence-corrected chi connectivity index (χ2v) is 4.37. The van der Waals surface area contributed by atoms with E-state index in [1.807, 2.05) is 19.1 Å². The van der Waals surface area contributed by atoms with Crippen LogP contribution in [0.25, 0.3) is 0 Å². The largest absolute Gasteiger partial charge is 0.496 e. The van der Waals surface area contributed by atoms with Crippen LogP contribution in [0.4, 0.5) is 0 Å². The van der Waals surface area contributed by atoms with E-state index in [1.54, 1.807) is 7.11 Å². The first kappa shape index (κ1) is 12.1. The van der Waals surface area contributed by atoms with Gasteiger partial charge in [0.2, 0.25) is 0 Å². The topological polar surface area (TPSA) is 9.23 Å². The van der Waals surface area contributed by atoms with Crippen molar-refractivity contribution in [2.24, 2.45) is 5.92 Å². The van der Waals surface area contributed by atoms with Gasteiger partial charge in [0, 0.05) is 10.4 Å². The Morgan fingerprint density at radius 2 is 2.20 bits per heavy atom. The van der Waals surface area contributed by atoms with Crippen LogP contribution >= 0.6 is 15.9 Å². The number of hydrogen-bond acceptors (Lipinski definition) is 1. The molecule has 80 valence electrons. The van der Waals surface area contributed by atoms with Gasteiger partial charge in [-0.2, -0.15) is 0 Å². The van der Waals surface area contributed by atoms with Crippen molar-refractivity contribution in [2.45, 2.75) is 20.3 Å². The lowest BCUT2D eigenvalue weighted by Gasteiger charge is -2.10. The van der Waals surface area contributed by atoms with Crippen LogP contribution in [0.2, 0.25) is 0 Å². The van der Waals surface area contributed by atoms with E-state index in [9.17, 15) is 0 Å². The minimum absolute atomic E-state index is 0.359. The quantitative estimate of drug-likeness (QED) is 0.759. The number of rotatable bonds is 3. The van der Waals surface area contributed by atoms with Gasteiger partial charge >= 0.3 is 0 Å². The Morgan fingerprint density at radius 1 is 1.47 bits per heavy atom. The number of ether oxygens (including phenoxy) is 1. The lowest BCUT2D eigenvalue weighted by atomic mass is 10.0. The molecule has 0 bridgehead atoms. The van der Waals surface area contributed by atoms with Crippen LogP contribution in [-0.4, -0.2) is 7.11 Å². The predicted molar refractivity (Wildman–Crippen MR) is 67.0 cm³/mol. The first-order valence-electron chi connectivity index (χ1n) is 4.92. The molecule has 0 saturated heterocycles. The van der Waals surface area contributed by atoms with E-state index in [1.165, 1.54) is 5.56 Å². The molecule has 1 unspecified atom stereocenters. The van der Waals surface area contributed by atoms with Crippen molar-refractivity contribution in [3.63, 3.8) is 0 Å². The van der Waals surface area contributed by atoms with E-state index in [-0.39, 0.29) is 0 Å². The predicted octanol–water partition coefficient (Wildman–Crippen LogP) is 3.66. The fourth-order valence-electron chi connectivity index (χ4n) is 1.53. The molecule has 1 rings (SSSR count). The highest BCUT2D eigenvalue weighted by Crippen LogP contribution is 2.25. The van der Waals surface area contributed by atoms with Gasteiger partial charge in [-0.05, 0) is 37.1 Å². The lowest BCUT2D eigenvalue weighted by Crippen LogP contribution is -1.99. The zero-order chi connectivity index (χ0) is 11.3. The summed E-state index contributed by atoms with van der Waals surface area (Å²) < 4.78 is 6.39. The molecule has 1 atom stereocenters. The van der Waals surface area contributed by atoms with Crippen molar-refractivity contribution >= 4 is 15.9 Å². The lowest BCUT2D eigenvalue weighted by molar-refractivity contribution is 0.408. The SMILES string of the molecule is CC#CC(C)Cc1cc(Br)ccc1OC. The molecule has 0 N–H and O–H groups in total. The van der Waals surface area contributed by atoms with E-state index < -0.39 is 0 Å². The molecule has 0 aliphatic carbocycles. The average Bonchev–Trinajstić information content (AvgIpc) is 2.18. The number of benzene rings is 1. The van der Waals surface area contributed by atoms with Gasteiger partial charge in [-0.3, -0.25) is 0 Å². The maximum atomic E-state index is 5.31. The molecule has 1 aromatic rings. The van der Waals surface area contributed by atoms with Crippen LogP contribution < -0.4 is 4.74 Å². The van der Waals surface area contributed by atoms with Gasteiger partial charge in [0.1, 0.15) is 5.75 Å². The molecule has 1 nitrogen and oxygen atoms in total. The van der Waals surface area contributed by atoms with Crippen molar-refractivity contribution in [2.75, 3.05) is 7.11 Å². The fraction of sp³-hybridized carbons (Fsp3) is 0.385. The first-order chi connectivity index (χ1) is 7.17. The third-order valence-corrected chi connectivity index (χ3v) is 2.65. The van der Waals surface area contributed by atoms with E-state index in [0.29, 0.717) is 5.92 Å². The summed E-state index contributed by atoms with van der Waals surface area (Å²) in [6.45, 7) is 3.99. The van der Waals surface area contributed by atoms with Gasteiger partial charge in [0.25, 0.3) is 0 Å². The molecule has 0 fully saturated rings. The van der Waals surface area contributed by atoms with Crippen molar-refractivity contribution in [3.8, 4) is 17.6 Å². The van der Waals surface area contributed by atoms with Crippen LogP contribution in [0, 0.1) is 17.8 Å². The smallest absolute Gasteiger partial charge is 0.122 e. The number of methoxy groups -OCH3 is 1. The highest BCUT2D eigenvalue weighted by molar-refractivity contribution is 9.10. The minimum atomic E-state index is 0.359. The van der Waals surface area contributed by atoms with Gasteiger partial charge in [-0.1, -0.05) is 22.9 Å². The Kier molecular flexibility index (Phi) is 4.71. The van der Waals surface area contributed by atoms with Crippen molar-refractivity contribution in [1.82, 2.24) is 0 Å². The zero-order valence-corrected chi connectivity index (χ0v) is 10.9. The van der Waals surface area contributed by atoms with Crippen molar-refractivity contribution in [3.05, 3.63) is 28.2 Å². The molecule has 0 aromatic heterocycles. The Bertz CT molecular complexity index is 387. The molecule has 0 radical (unpaired) electrons. The molecule has 0 spiro atoms. The van der Waals surface area contributed by atoms with E-state index >= 15 is 0 Å². The highest BCUT2D eigenvalue weighted by atomic mass is 79.9. The normalized spacial score (nSPS) is 11.5. The first-order valence-corrected chi connectivity index (χ1v) is 5.71. The summed E-state index contributed by atoms with van der Waals surface area (Å²) in [5, 5.41) is 0. The molecule has 2 heteroatoms. The Hall–Kier alpha value is -0.940. The molecular formula is C13H15BrO. The highest BCUT2D eigenvalue weighted by Gasteiger charge is 2.06. The van der Waals surface area contributed by atoms with E-state index in [0.717, 1.165) is 16.6 Å². The second kappa shape index (κ2) is 5.82. The van der Waals surface area contributed by atoms with Crippen LogP contribution in [0.15, 0.2) is 22.7 Å². The van der Waals surface area contributed by atoms with Crippen LogP contribution in [0.3, 0.4) is 0 Å². The molecular weight excluding hydrogens is 252 g/mol. The Labute approximate surface area is 100.0 Å². The van der Waals surface area contributed by atoms with Crippen molar-refractivity contribution < 1.29 is 4.74 Å². The molecule has 0 heterocycles. The Balaban J connectivity index is 2.90. The van der Waals surface area contributed by atoms with Crippen LogP contribution in [0.5, 0.6) is 5.75 Å². The summed E-state index contributed by atoms with van der Waals surface area (Å²) in [5.41, 5.74) is 1.20. The van der Waals surface area contributed by atoms with Gasteiger partial charge in [0.15, 0.2) is 0 Å². The third kappa shape index (κ3) is 3.60. The monoisotopic (exact) mass is 266 g/mol. The maximum Gasteiger partial charge on any atom is 0.122 e. The maximum absolute atomic E-state index is 5.31. The Morgan fingerprint density at radius 3 is 2.80 bits per heavy atom. The number of hydrogen-bond donors (Lipinski definition) is 0. The van der Waals surface area contributed by atoms with Gasteiger partial charge in [-0.15, -0.1) is 11.8 Å². The second-order valence-electron chi connectivity index (χ2n) is 3.46. The summed E-state index contributed by atoms with van der Waals surface area (Å²) in [4.78, 5) is 0. The van der Waals surface area contributed by atoms with Gasteiger partial charge in [0.05, 0.1) is 7.11 Å². The van der Waals surface area contributed by atoms with Crippen LogP contribution in [-0.2, 0) is 6.42 Å². The third-order valence-electron chi connectivity index (χ3n) is 2.16. The summed E-state index contributed by atoms with van der Waals surface area (Å²) in [5.74, 6) is 7.37. The fourth-order valence-corrected chi connectivity index (χ4v) is 1.94. The van der Waals surface area contributed by atoms with Crippen molar-refractivity contribution in [1.29, 1.82) is 0 Å². The van der Waals surface area contributed by atoms with Gasteiger partial charge < -0.3 is 4.74 Å². The average molecular weight is 267 g/mol. The standard InChI is InChI=1S/C13H15BrO/c1-4-5-10(2)8-11-9-12(14)6-7-13(11)15-3/h6-7,9-10H,8H2,1-3H3. The molecule has 1 aromatic carbocycles. The molecule has 0 amide bonds. The number of halogens is 1. The minimum Gasteiger partial charge on any atom is -0.496 e. The molecule has 0 saturated carbocycles. The molecule has 0 aliphatic rings. The summed E-state index contributed by atoms with van der Waals surface area (Å²) in [6.07, 6.45) is 0.920. The van der Waals surface area contributed by atoms with E-state index in [2.05, 4.69) is 40.8 Å². The summed E-state index contributed by atoms with van der Waals surface area (Å²) in [6, 6.07) is 6.05. The zero-order valence-electron chi connectivity index (χ0n) is 9.30. The summed E-state index contributed by atoms with van der Waals surface area (Å²) in [7, 11) is 1.70. The van der Waals surface area contributed by atoms with E-state index in [4.69, 9.17) is 4.74 Å². The summed E-state index contributed by atoms with van der Waals surface area (Å²) >= 11 is 3.46. The van der Waals surface area contributed by atoms with Crippen LogP contribution in [0.1, 0.15) is 19.4 Å². The molecule has 0 aliphatic heterocycles.